The molecular formula is C14H10BrN3OS. The van der Waals surface area contributed by atoms with E-state index in [1.165, 1.54) is 11.8 Å². The van der Waals surface area contributed by atoms with Gasteiger partial charge in [0.1, 0.15) is 0 Å². The first-order chi connectivity index (χ1) is 9.81. The summed E-state index contributed by atoms with van der Waals surface area (Å²) in [6.07, 6.45) is 1.77. The van der Waals surface area contributed by atoms with Crippen molar-refractivity contribution < 1.29 is 4.42 Å². The fourth-order valence-corrected chi connectivity index (χ4v) is 2.70. The van der Waals surface area contributed by atoms with Gasteiger partial charge in [0.25, 0.3) is 5.22 Å². The van der Waals surface area contributed by atoms with Gasteiger partial charge >= 0.3 is 0 Å². The molecule has 0 amide bonds. The highest BCUT2D eigenvalue weighted by Crippen LogP contribution is 2.26. The molecule has 2 aromatic heterocycles. The summed E-state index contributed by atoms with van der Waals surface area (Å²) in [6, 6.07) is 13.6. The van der Waals surface area contributed by atoms with Crippen LogP contribution in [0.15, 0.2) is 62.8 Å². The summed E-state index contributed by atoms with van der Waals surface area (Å²) in [5.41, 5.74) is 1.89. The molecule has 0 aliphatic heterocycles. The van der Waals surface area contributed by atoms with Gasteiger partial charge in [-0.15, -0.1) is 10.2 Å². The van der Waals surface area contributed by atoms with Gasteiger partial charge in [-0.1, -0.05) is 39.8 Å². The average Bonchev–Trinajstić information content (AvgIpc) is 2.95. The van der Waals surface area contributed by atoms with Crippen molar-refractivity contribution >= 4 is 27.7 Å². The van der Waals surface area contributed by atoms with Gasteiger partial charge in [-0.3, -0.25) is 4.98 Å². The minimum atomic E-state index is 0.523. The summed E-state index contributed by atoms with van der Waals surface area (Å²) in [6.45, 7) is 0. The Hall–Kier alpha value is -1.66. The summed E-state index contributed by atoms with van der Waals surface area (Å²) in [5, 5.41) is 8.65. The first kappa shape index (κ1) is 13.3. The Balaban J connectivity index is 1.71. The second kappa shape index (κ2) is 6.19. The van der Waals surface area contributed by atoms with Crippen LogP contribution in [0, 0.1) is 0 Å². The van der Waals surface area contributed by atoms with E-state index in [0.29, 0.717) is 16.9 Å². The summed E-state index contributed by atoms with van der Waals surface area (Å²) < 4.78 is 6.62. The highest BCUT2D eigenvalue weighted by Gasteiger charge is 2.09. The Bertz CT molecular complexity index is 702. The quantitative estimate of drug-likeness (QED) is 0.662. The predicted molar refractivity (Wildman–Crippen MR) is 81.2 cm³/mol. The third-order valence-electron chi connectivity index (χ3n) is 2.55. The van der Waals surface area contributed by atoms with Crippen molar-refractivity contribution in [1.82, 2.24) is 15.2 Å². The summed E-state index contributed by atoms with van der Waals surface area (Å²) in [5.74, 6) is 1.23. The number of halogens is 1. The first-order valence-corrected chi connectivity index (χ1v) is 7.71. The number of benzene rings is 1. The number of thioether (sulfide) groups is 1. The van der Waals surface area contributed by atoms with Crippen LogP contribution < -0.4 is 0 Å². The lowest BCUT2D eigenvalue weighted by molar-refractivity contribution is 0.466. The molecule has 0 saturated carbocycles. The molecule has 0 radical (unpaired) electrons. The minimum Gasteiger partial charge on any atom is -0.411 e. The Morgan fingerprint density at radius 1 is 1.10 bits per heavy atom. The molecule has 0 bridgehead atoms. The second-order valence-electron chi connectivity index (χ2n) is 3.99. The molecule has 20 heavy (non-hydrogen) atoms. The lowest BCUT2D eigenvalue weighted by atomic mass is 10.2. The van der Waals surface area contributed by atoms with E-state index < -0.39 is 0 Å². The van der Waals surface area contributed by atoms with Crippen molar-refractivity contribution in [2.75, 3.05) is 0 Å². The number of hydrogen-bond acceptors (Lipinski definition) is 5. The van der Waals surface area contributed by atoms with Crippen molar-refractivity contribution in [2.24, 2.45) is 0 Å². The Morgan fingerprint density at radius 3 is 2.85 bits per heavy atom. The van der Waals surface area contributed by atoms with Crippen molar-refractivity contribution in [2.45, 2.75) is 11.0 Å². The minimum absolute atomic E-state index is 0.523. The molecule has 1 aromatic carbocycles. The molecule has 0 spiro atoms. The number of rotatable bonds is 4. The van der Waals surface area contributed by atoms with Crippen LogP contribution >= 0.6 is 27.7 Å². The standard InChI is InChI=1S/C14H10BrN3OS/c15-11-5-3-4-10(8-11)13-17-18-14(19-13)20-9-12-6-1-2-7-16-12/h1-8H,9H2. The molecule has 3 aromatic rings. The smallest absolute Gasteiger partial charge is 0.277 e. The summed E-state index contributed by atoms with van der Waals surface area (Å²) >= 11 is 4.90. The number of aromatic nitrogens is 3. The topological polar surface area (TPSA) is 51.8 Å². The molecule has 100 valence electrons. The summed E-state index contributed by atoms with van der Waals surface area (Å²) in [4.78, 5) is 4.25. The maximum Gasteiger partial charge on any atom is 0.277 e. The Labute approximate surface area is 128 Å². The zero-order valence-corrected chi connectivity index (χ0v) is 12.8. The molecule has 2 heterocycles. The molecule has 0 N–H and O–H groups in total. The molecule has 0 saturated heterocycles. The van der Waals surface area contributed by atoms with Gasteiger partial charge < -0.3 is 4.42 Å². The lowest BCUT2D eigenvalue weighted by Crippen LogP contribution is -1.84. The van der Waals surface area contributed by atoms with Gasteiger partial charge in [0.15, 0.2) is 0 Å². The Kier molecular flexibility index (Phi) is 4.13. The van der Waals surface area contributed by atoms with Gasteiger partial charge in [0, 0.05) is 22.0 Å². The molecule has 3 rings (SSSR count). The molecule has 0 atom stereocenters. The molecule has 6 heteroatoms. The maximum absolute atomic E-state index is 5.64. The van der Waals surface area contributed by atoms with Crippen LogP contribution in [0.1, 0.15) is 5.69 Å². The predicted octanol–water partition coefficient (Wildman–Crippen LogP) is 4.19. The van der Waals surface area contributed by atoms with Crippen molar-refractivity contribution in [3.8, 4) is 11.5 Å². The second-order valence-corrected chi connectivity index (χ2v) is 5.84. The van der Waals surface area contributed by atoms with Crippen LogP contribution in [0.4, 0.5) is 0 Å². The van der Waals surface area contributed by atoms with Crippen LogP contribution in [0.25, 0.3) is 11.5 Å². The SMILES string of the molecule is Brc1cccc(-c2nnc(SCc3ccccn3)o2)c1. The molecule has 0 aliphatic carbocycles. The van der Waals surface area contributed by atoms with E-state index in [4.69, 9.17) is 4.42 Å². The van der Waals surface area contributed by atoms with Gasteiger partial charge in [-0.25, -0.2) is 0 Å². The summed E-state index contributed by atoms with van der Waals surface area (Å²) in [7, 11) is 0. The van der Waals surface area contributed by atoms with E-state index >= 15 is 0 Å². The molecule has 0 fully saturated rings. The zero-order valence-electron chi connectivity index (χ0n) is 10.4. The van der Waals surface area contributed by atoms with Gasteiger partial charge in [-0.2, -0.15) is 0 Å². The van der Waals surface area contributed by atoms with Gasteiger partial charge in [0.05, 0.1) is 5.69 Å². The molecule has 4 nitrogen and oxygen atoms in total. The van der Waals surface area contributed by atoms with Crippen molar-refractivity contribution in [3.05, 3.63) is 58.8 Å². The zero-order chi connectivity index (χ0) is 13.8. The largest absolute Gasteiger partial charge is 0.411 e. The van der Waals surface area contributed by atoms with Crippen LogP contribution in [0.5, 0.6) is 0 Å². The van der Waals surface area contributed by atoms with Crippen LogP contribution in [0.2, 0.25) is 0 Å². The van der Waals surface area contributed by atoms with E-state index in [-0.39, 0.29) is 0 Å². The first-order valence-electron chi connectivity index (χ1n) is 5.93. The van der Waals surface area contributed by atoms with E-state index in [2.05, 4.69) is 31.1 Å². The fraction of sp³-hybridized carbons (Fsp3) is 0.0714. The number of pyridine rings is 1. The van der Waals surface area contributed by atoms with Gasteiger partial charge in [-0.05, 0) is 30.3 Å². The van der Waals surface area contributed by atoms with Crippen molar-refractivity contribution in [3.63, 3.8) is 0 Å². The molecular weight excluding hydrogens is 338 g/mol. The van der Waals surface area contributed by atoms with Crippen LogP contribution in [0.3, 0.4) is 0 Å². The third kappa shape index (κ3) is 3.26. The van der Waals surface area contributed by atoms with Crippen molar-refractivity contribution in [1.29, 1.82) is 0 Å². The van der Waals surface area contributed by atoms with E-state index in [0.717, 1.165) is 15.7 Å². The maximum atomic E-state index is 5.64. The molecule has 0 aliphatic rings. The monoisotopic (exact) mass is 347 g/mol. The number of hydrogen-bond donors (Lipinski definition) is 0. The van der Waals surface area contributed by atoms with Crippen LogP contribution in [-0.4, -0.2) is 15.2 Å². The van der Waals surface area contributed by atoms with Crippen LogP contribution in [-0.2, 0) is 5.75 Å². The third-order valence-corrected chi connectivity index (χ3v) is 3.89. The lowest BCUT2D eigenvalue weighted by Gasteiger charge is -1.96. The highest BCUT2D eigenvalue weighted by atomic mass is 79.9. The normalized spacial score (nSPS) is 10.7. The van der Waals surface area contributed by atoms with Gasteiger partial charge in [0.2, 0.25) is 5.89 Å². The van der Waals surface area contributed by atoms with E-state index in [1.807, 2.05) is 42.5 Å². The highest BCUT2D eigenvalue weighted by molar-refractivity contribution is 9.10. The Morgan fingerprint density at radius 2 is 2.05 bits per heavy atom. The van der Waals surface area contributed by atoms with E-state index in [1.54, 1.807) is 6.20 Å². The molecule has 0 unspecified atom stereocenters. The number of nitrogens with zero attached hydrogens (tertiary/aromatic N) is 3. The van der Waals surface area contributed by atoms with E-state index in [9.17, 15) is 0 Å². The fourth-order valence-electron chi connectivity index (χ4n) is 1.63. The average molecular weight is 348 g/mol.